The number of nitrogen functional groups attached to an aromatic ring is 1. The van der Waals surface area contributed by atoms with E-state index >= 15 is 0 Å². The number of hydrogen-bond donors (Lipinski definition) is 1. The van der Waals surface area contributed by atoms with Crippen LogP contribution in [0.15, 0.2) is 12.1 Å². The molecule has 20 heavy (non-hydrogen) atoms. The van der Waals surface area contributed by atoms with Gasteiger partial charge in [-0.05, 0) is 26.6 Å². The Labute approximate surface area is 118 Å². The molecular formula is C14H21F2N3O. The number of hydrogen-bond acceptors (Lipinski definition) is 3. The van der Waals surface area contributed by atoms with E-state index in [0.29, 0.717) is 25.7 Å². The maximum absolute atomic E-state index is 13.7. The van der Waals surface area contributed by atoms with E-state index in [1.54, 1.807) is 4.90 Å². The third kappa shape index (κ3) is 4.16. The van der Waals surface area contributed by atoms with Crippen LogP contribution in [0, 0.1) is 11.6 Å². The molecular weight excluding hydrogens is 264 g/mol. The summed E-state index contributed by atoms with van der Waals surface area (Å²) in [5.74, 6) is -2.19. The molecule has 0 aliphatic carbocycles. The normalized spacial score (nSPS) is 10.9. The van der Waals surface area contributed by atoms with Gasteiger partial charge in [0.1, 0.15) is 11.6 Å². The molecule has 0 heterocycles. The molecule has 112 valence electrons. The lowest BCUT2D eigenvalue weighted by atomic mass is 10.1. The SMILES string of the molecule is CCCN(CCN(C)C)C(=O)c1cc(N)c(F)cc1F. The lowest BCUT2D eigenvalue weighted by molar-refractivity contribution is 0.0740. The lowest BCUT2D eigenvalue weighted by Gasteiger charge is -2.24. The second-order valence-corrected chi connectivity index (χ2v) is 4.95. The highest BCUT2D eigenvalue weighted by Crippen LogP contribution is 2.18. The highest BCUT2D eigenvalue weighted by Gasteiger charge is 2.20. The fraction of sp³-hybridized carbons (Fsp3) is 0.500. The summed E-state index contributed by atoms with van der Waals surface area (Å²) in [6, 6.07) is 1.71. The zero-order valence-corrected chi connectivity index (χ0v) is 12.1. The van der Waals surface area contributed by atoms with Crippen molar-refractivity contribution in [3.05, 3.63) is 29.3 Å². The topological polar surface area (TPSA) is 49.6 Å². The molecule has 0 fully saturated rings. The van der Waals surface area contributed by atoms with Gasteiger partial charge in [-0.25, -0.2) is 8.78 Å². The highest BCUT2D eigenvalue weighted by molar-refractivity contribution is 5.95. The number of anilines is 1. The van der Waals surface area contributed by atoms with Crippen molar-refractivity contribution in [3.8, 4) is 0 Å². The van der Waals surface area contributed by atoms with Gasteiger partial charge < -0.3 is 15.5 Å². The van der Waals surface area contributed by atoms with Gasteiger partial charge in [0.05, 0.1) is 11.3 Å². The molecule has 0 radical (unpaired) electrons. The van der Waals surface area contributed by atoms with Crippen LogP contribution in [-0.4, -0.2) is 49.4 Å². The molecule has 1 aromatic carbocycles. The van der Waals surface area contributed by atoms with Crippen molar-refractivity contribution in [2.24, 2.45) is 0 Å². The van der Waals surface area contributed by atoms with Crippen molar-refractivity contribution in [2.75, 3.05) is 39.5 Å². The van der Waals surface area contributed by atoms with Crippen LogP contribution in [-0.2, 0) is 0 Å². The number of carbonyl (C=O) groups excluding carboxylic acids is 1. The number of nitrogens with zero attached hydrogens (tertiary/aromatic N) is 2. The fourth-order valence-corrected chi connectivity index (χ4v) is 1.81. The minimum Gasteiger partial charge on any atom is -0.396 e. The van der Waals surface area contributed by atoms with Crippen LogP contribution in [0.5, 0.6) is 0 Å². The number of carbonyl (C=O) groups is 1. The van der Waals surface area contributed by atoms with Gasteiger partial charge in [-0.2, -0.15) is 0 Å². The first-order valence-electron chi connectivity index (χ1n) is 6.55. The molecule has 0 saturated heterocycles. The first kappa shape index (κ1) is 16.4. The van der Waals surface area contributed by atoms with Crippen molar-refractivity contribution in [2.45, 2.75) is 13.3 Å². The van der Waals surface area contributed by atoms with Crippen LogP contribution < -0.4 is 5.73 Å². The minimum atomic E-state index is -0.882. The number of rotatable bonds is 6. The zero-order chi connectivity index (χ0) is 15.3. The van der Waals surface area contributed by atoms with Gasteiger partial charge in [0, 0.05) is 25.7 Å². The van der Waals surface area contributed by atoms with Crippen molar-refractivity contribution >= 4 is 11.6 Å². The summed E-state index contributed by atoms with van der Waals surface area (Å²) < 4.78 is 26.9. The molecule has 0 spiro atoms. The van der Waals surface area contributed by atoms with Crippen LogP contribution >= 0.6 is 0 Å². The Hall–Kier alpha value is -1.69. The second-order valence-electron chi connectivity index (χ2n) is 4.95. The lowest BCUT2D eigenvalue weighted by Crippen LogP contribution is -2.37. The molecule has 1 aromatic rings. The van der Waals surface area contributed by atoms with E-state index in [9.17, 15) is 13.6 Å². The maximum atomic E-state index is 13.7. The number of nitrogens with two attached hydrogens (primary N) is 1. The van der Waals surface area contributed by atoms with Gasteiger partial charge in [-0.3, -0.25) is 4.79 Å². The summed E-state index contributed by atoms with van der Waals surface area (Å²) in [5, 5.41) is 0. The van der Waals surface area contributed by atoms with E-state index in [4.69, 9.17) is 5.73 Å². The number of benzene rings is 1. The first-order valence-corrected chi connectivity index (χ1v) is 6.55. The molecule has 6 heteroatoms. The van der Waals surface area contributed by atoms with Gasteiger partial charge >= 0.3 is 0 Å². The van der Waals surface area contributed by atoms with Crippen LogP contribution in [0.3, 0.4) is 0 Å². The number of amides is 1. The Bertz CT molecular complexity index is 478. The summed E-state index contributed by atoms with van der Waals surface area (Å²) in [7, 11) is 3.79. The molecule has 0 aliphatic rings. The maximum Gasteiger partial charge on any atom is 0.256 e. The second kappa shape index (κ2) is 7.19. The summed E-state index contributed by atoms with van der Waals surface area (Å²) in [4.78, 5) is 15.8. The Morgan fingerprint density at radius 1 is 1.15 bits per heavy atom. The Balaban J connectivity index is 2.96. The fourth-order valence-electron chi connectivity index (χ4n) is 1.81. The van der Waals surface area contributed by atoms with E-state index < -0.39 is 17.5 Å². The predicted octanol–water partition coefficient (Wildman–Crippen LogP) is 1.96. The predicted molar refractivity (Wildman–Crippen MR) is 75.5 cm³/mol. The zero-order valence-electron chi connectivity index (χ0n) is 12.1. The summed E-state index contributed by atoms with van der Waals surface area (Å²) in [6.07, 6.45) is 0.761. The summed E-state index contributed by atoms with van der Waals surface area (Å²) in [5.41, 5.74) is 5.00. The third-order valence-corrected chi connectivity index (χ3v) is 2.91. The van der Waals surface area contributed by atoms with Crippen LogP contribution in [0.4, 0.5) is 14.5 Å². The molecule has 0 unspecified atom stereocenters. The van der Waals surface area contributed by atoms with E-state index in [1.807, 2.05) is 25.9 Å². The molecule has 1 rings (SSSR count). The third-order valence-electron chi connectivity index (χ3n) is 2.91. The van der Waals surface area contributed by atoms with E-state index in [2.05, 4.69) is 0 Å². The van der Waals surface area contributed by atoms with Crippen LogP contribution in [0.1, 0.15) is 23.7 Å². The van der Waals surface area contributed by atoms with Crippen LogP contribution in [0.25, 0.3) is 0 Å². The molecule has 0 aromatic heterocycles. The molecule has 4 nitrogen and oxygen atoms in total. The van der Waals surface area contributed by atoms with Gasteiger partial charge in [0.2, 0.25) is 0 Å². The van der Waals surface area contributed by atoms with Crippen molar-refractivity contribution in [1.29, 1.82) is 0 Å². The van der Waals surface area contributed by atoms with Gasteiger partial charge in [0.15, 0.2) is 0 Å². The first-order chi connectivity index (χ1) is 9.36. The number of halogens is 2. The average Bonchev–Trinajstić information content (AvgIpc) is 2.37. The van der Waals surface area contributed by atoms with Gasteiger partial charge in [-0.15, -0.1) is 0 Å². The quantitative estimate of drug-likeness (QED) is 0.813. The Kier molecular flexibility index (Phi) is 5.88. The monoisotopic (exact) mass is 285 g/mol. The standard InChI is InChI=1S/C14H21F2N3O/c1-4-5-19(7-6-18(2)3)14(20)10-8-13(17)12(16)9-11(10)15/h8-9H,4-7,17H2,1-3H3. The summed E-state index contributed by atoms with van der Waals surface area (Å²) in [6.45, 7) is 3.61. The smallest absolute Gasteiger partial charge is 0.256 e. The highest BCUT2D eigenvalue weighted by atomic mass is 19.1. The van der Waals surface area contributed by atoms with Crippen molar-refractivity contribution < 1.29 is 13.6 Å². The molecule has 0 saturated carbocycles. The molecule has 0 atom stereocenters. The molecule has 1 amide bonds. The Morgan fingerprint density at radius 2 is 1.80 bits per heavy atom. The summed E-state index contributed by atoms with van der Waals surface area (Å²) >= 11 is 0. The van der Waals surface area contributed by atoms with Crippen molar-refractivity contribution in [1.82, 2.24) is 9.80 Å². The van der Waals surface area contributed by atoms with Gasteiger partial charge in [0.25, 0.3) is 5.91 Å². The van der Waals surface area contributed by atoms with E-state index in [0.717, 1.165) is 12.5 Å². The number of likely N-dealkylation sites (N-methyl/N-ethyl adjacent to an activating group) is 1. The largest absolute Gasteiger partial charge is 0.396 e. The van der Waals surface area contributed by atoms with E-state index in [-0.39, 0.29) is 11.3 Å². The average molecular weight is 285 g/mol. The molecule has 0 aliphatic heterocycles. The minimum absolute atomic E-state index is 0.184. The van der Waals surface area contributed by atoms with E-state index in [1.165, 1.54) is 0 Å². The van der Waals surface area contributed by atoms with Gasteiger partial charge in [-0.1, -0.05) is 6.92 Å². The van der Waals surface area contributed by atoms with Crippen molar-refractivity contribution in [3.63, 3.8) is 0 Å². The van der Waals surface area contributed by atoms with Crippen LogP contribution in [0.2, 0.25) is 0 Å². The molecule has 2 N–H and O–H groups in total. The Morgan fingerprint density at radius 3 is 2.35 bits per heavy atom. The molecule has 0 bridgehead atoms.